The summed E-state index contributed by atoms with van der Waals surface area (Å²) >= 11 is 0. The minimum atomic E-state index is 0.0550. The standard InChI is InChI=1S/C20H20N2O/c1-3-4-20(23)21-17-9-6-15(7-10-17)18-12-8-16-13-14(2)5-11-19(16)22-18/h5-13H,3-4H2,1-2H3,(H,21,23). The van der Waals surface area contributed by atoms with E-state index in [1.807, 2.05) is 43.3 Å². The third kappa shape index (κ3) is 3.57. The zero-order chi connectivity index (χ0) is 16.2. The van der Waals surface area contributed by atoms with Gasteiger partial charge in [-0.3, -0.25) is 4.79 Å². The zero-order valence-corrected chi connectivity index (χ0v) is 13.5. The molecule has 0 atom stereocenters. The van der Waals surface area contributed by atoms with Gasteiger partial charge in [0.1, 0.15) is 0 Å². The van der Waals surface area contributed by atoms with Gasteiger partial charge in [-0.2, -0.15) is 0 Å². The SMILES string of the molecule is CCCC(=O)Nc1ccc(-c2ccc3cc(C)ccc3n2)cc1. The van der Waals surface area contributed by atoms with Crippen LogP contribution in [0.4, 0.5) is 5.69 Å². The molecule has 0 saturated carbocycles. The Morgan fingerprint density at radius 3 is 2.57 bits per heavy atom. The molecule has 1 aromatic heterocycles. The van der Waals surface area contributed by atoms with Crippen molar-refractivity contribution in [2.45, 2.75) is 26.7 Å². The van der Waals surface area contributed by atoms with E-state index in [0.717, 1.165) is 34.3 Å². The van der Waals surface area contributed by atoms with Crippen LogP contribution in [-0.4, -0.2) is 10.9 Å². The summed E-state index contributed by atoms with van der Waals surface area (Å²) in [6.45, 7) is 4.08. The minimum Gasteiger partial charge on any atom is -0.326 e. The van der Waals surface area contributed by atoms with Crippen molar-refractivity contribution in [2.75, 3.05) is 5.32 Å². The summed E-state index contributed by atoms with van der Waals surface area (Å²) in [6, 6.07) is 18.2. The molecule has 1 N–H and O–H groups in total. The number of pyridine rings is 1. The first-order chi connectivity index (χ1) is 11.2. The summed E-state index contributed by atoms with van der Waals surface area (Å²) in [6.07, 6.45) is 1.40. The highest BCUT2D eigenvalue weighted by atomic mass is 16.1. The summed E-state index contributed by atoms with van der Waals surface area (Å²) in [7, 11) is 0. The van der Waals surface area contributed by atoms with Crippen molar-refractivity contribution in [3.8, 4) is 11.3 Å². The van der Waals surface area contributed by atoms with Gasteiger partial charge >= 0.3 is 0 Å². The molecular formula is C20H20N2O. The first kappa shape index (κ1) is 15.2. The second-order valence-electron chi connectivity index (χ2n) is 5.77. The van der Waals surface area contributed by atoms with Gasteiger partial charge in [-0.25, -0.2) is 4.98 Å². The number of amides is 1. The Morgan fingerprint density at radius 1 is 1.04 bits per heavy atom. The van der Waals surface area contributed by atoms with Crippen molar-refractivity contribution in [3.05, 3.63) is 60.2 Å². The van der Waals surface area contributed by atoms with Crippen LogP contribution in [0, 0.1) is 6.92 Å². The highest BCUT2D eigenvalue weighted by Crippen LogP contribution is 2.23. The lowest BCUT2D eigenvalue weighted by molar-refractivity contribution is -0.116. The Bertz CT molecular complexity index is 838. The van der Waals surface area contributed by atoms with E-state index < -0.39 is 0 Å². The van der Waals surface area contributed by atoms with Gasteiger partial charge in [-0.1, -0.05) is 36.8 Å². The number of carbonyl (C=O) groups excluding carboxylic acids is 1. The lowest BCUT2D eigenvalue weighted by Crippen LogP contribution is -2.10. The lowest BCUT2D eigenvalue weighted by atomic mass is 10.1. The monoisotopic (exact) mass is 304 g/mol. The van der Waals surface area contributed by atoms with Crippen LogP contribution in [0.5, 0.6) is 0 Å². The van der Waals surface area contributed by atoms with Gasteiger partial charge in [0, 0.05) is 23.1 Å². The Labute approximate surface area is 136 Å². The van der Waals surface area contributed by atoms with Gasteiger partial charge in [0.05, 0.1) is 11.2 Å². The molecule has 3 nitrogen and oxygen atoms in total. The summed E-state index contributed by atoms with van der Waals surface area (Å²) in [5, 5.41) is 4.05. The number of hydrogen-bond acceptors (Lipinski definition) is 2. The minimum absolute atomic E-state index is 0.0550. The van der Waals surface area contributed by atoms with Crippen molar-refractivity contribution < 1.29 is 4.79 Å². The molecule has 0 saturated heterocycles. The number of benzene rings is 2. The summed E-state index contributed by atoms with van der Waals surface area (Å²) in [4.78, 5) is 16.3. The molecule has 1 heterocycles. The number of anilines is 1. The maximum Gasteiger partial charge on any atom is 0.224 e. The van der Waals surface area contributed by atoms with Crippen LogP contribution < -0.4 is 5.32 Å². The van der Waals surface area contributed by atoms with Gasteiger partial charge in [-0.15, -0.1) is 0 Å². The quantitative estimate of drug-likeness (QED) is 0.741. The van der Waals surface area contributed by atoms with E-state index in [1.54, 1.807) is 0 Å². The Morgan fingerprint density at radius 2 is 1.83 bits per heavy atom. The van der Waals surface area contributed by atoms with Crippen molar-refractivity contribution in [1.29, 1.82) is 0 Å². The molecule has 1 amide bonds. The van der Waals surface area contributed by atoms with Crippen LogP contribution in [0.25, 0.3) is 22.2 Å². The summed E-state index contributed by atoms with van der Waals surface area (Å²) in [5.41, 5.74) is 5.03. The number of nitrogens with one attached hydrogen (secondary N) is 1. The lowest BCUT2D eigenvalue weighted by Gasteiger charge is -2.07. The second-order valence-corrected chi connectivity index (χ2v) is 5.77. The molecule has 0 radical (unpaired) electrons. The number of fused-ring (bicyclic) bond motifs is 1. The number of rotatable bonds is 4. The molecule has 2 aromatic carbocycles. The first-order valence-corrected chi connectivity index (χ1v) is 7.93. The van der Waals surface area contributed by atoms with Gasteiger partial charge in [0.2, 0.25) is 5.91 Å². The number of aromatic nitrogens is 1. The van der Waals surface area contributed by atoms with Crippen LogP contribution >= 0.6 is 0 Å². The predicted octanol–water partition coefficient (Wildman–Crippen LogP) is 4.95. The largest absolute Gasteiger partial charge is 0.326 e. The molecule has 0 bridgehead atoms. The smallest absolute Gasteiger partial charge is 0.224 e. The fraction of sp³-hybridized carbons (Fsp3) is 0.200. The van der Waals surface area contributed by atoms with Crippen molar-refractivity contribution in [1.82, 2.24) is 4.98 Å². The summed E-state index contributed by atoms with van der Waals surface area (Å²) in [5.74, 6) is 0.0550. The van der Waals surface area contributed by atoms with E-state index in [9.17, 15) is 4.79 Å². The Hall–Kier alpha value is -2.68. The van der Waals surface area contributed by atoms with E-state index >= 15 is 0 Å². The Balaban J connectivity index is 1.84. The van der Waals surface area contributed by atoms with E-state index in [2.05, 4.69) is 30.4 Å². The molecule has 0 fully saturated rings. The first-order valence-electron chi connectivity index (χ1n) is 7.93. The topological polar surface area (TPSA) is 42.0 Å². The molecule has 0 aliphatic rings. The maximum atomic E-state index is 11.6. The fourth-order valence-electron chi connectivity index (χ4n) is 2.58. The molecule has 0 aliphatic carbocycles. The maximum absolute atomic E-state index is 11.6. The van der Waals surface area contributed by atoms with E-state index in [4.69, 9.17) is 4.98 Å². The van der Waals surface area contributed by atoms with Crippen LogP contribution in [-0.2, 0) is 4.79 Å². The predicted molar refractivity (Wildman–Crippen MR) is 95.5 cm³/mol. The highest BCUT2D eigenvalue weighted by molar-refractivity contribution is 5.91. The molecule has 0 unspecified atom stereocenters. The molecule has 3 heteroatoms. The molecule has 116 valence electrons. The van der Waals surface area contributed by atoms with Crippen LogP contribution in [0.2, 0.25) is 0 Å². The second kappa shape index (κ2) is 6.61. The van der Waals surface area contributed by atoms with Crippen molar-refractivity contribution >= 4 is 22.5 Å². The number of nitrogens with zero attached hydrogens (tertiary/aromatic N) is 1. The zero-order valence-electron chi connectivity index (χ0n) is 13.5. The molecular weight excluding hydrogens is 284 g/mol. The number of aryl methyl sites for hydroxylation is 1. The van der Waals surface area contributed by atoms with Crippen LogP contribution in [0.15, 0.2) is 54.6 Å². The van der Waals surface area contributed by atoms with Gasteiger partial charge < -0.3 is 5.32 Å². The van der Waals surface area contributed by atoms with E-state index in [-0.39, 0.29) is 5.91 Å². The number of hydrogen-bond donors (Lipinski definition) is 1. The Kier molecular flexibility index (Phi) is 4.38. The van der Waals surface area contributed by atoms with Crippen LogP contribution in [0.1, 0.15) is 25.3 Å². The number of carbonyl (C=O) groups is 1. The molecule has 0 spiro atoms. The van der Waals surface area contributed by atoms with Gasteiger partial charge in [0.15, 0.2) is 0 Å². The average molecular weight is 304 g/mol. The third-order valence-corrected chi connectivity index (χ3v) is 3.79. The van der Waals surface area contributed by atoms with E-state index in [0.29, 0.717) is 6.42 Å². The third-order valence-electron chi connectivity index (χ3n) is 3.79. The van der Waals surface area contributed by atoms with Crippen molar-refractivity contribution in [2.24, 2.45) is 0 Å². The highest BCUT2D eigenvalue weighted by Gasteiger charge is 2.04. The van der Waals surface area contributed by atoms with Gasteiger partial charge in [-0.05, 0) is 43.7 Å². The van der Waals surface area contributed by atoms with Crippen LogP contribution in [0.3, 0.4) is 0 Å². The molecule has 0 aliphatic heterocycles. The van der Waals surface area contributed by atoms with E-state index in [1.165, 1.54) is 5.56 Å². The van der Waals surface area contributed by atoms with Gasteiger partial charge in [0.25, 0.3) is 0 Å². The average Bonchev–Trinajstić information content (AvgIpc) is 2.55. The molecule has 3 rings (SSSR count). The molecule has 3 aromatic rings. The molecule has 23 heavy (non-hydrogen) atoms. The fourth-order valence-corrected chi connectivity index (χ4v) is 2.58. The summed E-state index contributed by atoms with van der Waals surface area (Å²) < 4.78 is 0. The normalized spacial score (nSPS) is 10.7. The van der Waals surface area contributed by atoms with Crippen molar-refractivity contribution in [3.63, 3.8) is 0 Å².